The smallest absolute Gasteiger partial charge is 0.305 e. The van der Waals surface area contributed by atoms with Crippen LogP contribution in [0.25, 0.3) is 0 Å². The van der Waals surface area contributed by atoms with E-state index >= 15 is 0 Å². The fourth-order valence-corrected chi connectivity index (χ4v) is 2.72. The molecule has 0 aliphatic carbocycles. The van der Waals surface area contributed by atoms with Crippen molar-refractivity contribution in [3.63, 3.8) is 0 Å². The number of nitrogens with one attached hydrogen (secondary N) is 2. The number of carboxylic acids is 1. The molecule has 2 amide bonds. The average molecular weight is 362 g/mol. The minimum absolute atomic E-state index is 0.149. The van der Waals surface area contributed by atoms with Crippen LogP contribution in [0, 0.1) is 0 Å². The second-order valence-corrected chi connectivity index (χ2v) is 6.47. The third-order valence-corrected chi connectivity index (χ3v) is 4.03. The molecule has 9 heteroatoms. The van der Waals surface area contributed by atoms with Crippen molar-refractivity contribution in [3.05, 3.63) is 0 Å². The third-order valence-electron chi connectivity index (χ3n) is 3.37. The van der Waals surface area contributed by atoms with Crippen molar-refractivity contribution >= 4 is 29.5 Å². The summed E-state index contributed by atoms with van der Waals surface area (Å²) >= 11 is 1.43. The maximum absolute atomic E-state index is 12.4. The van der Waals surface area contributed by atoms with Crippen LogP contribution in [0.4, 0.5) is 0 Å². The van der Waals surface area contributed by atoms with E-state index in [1.807, 2.05) is 6.26 Å². The summed E-state index contributed by atoms with van der Waals surface area (Å²) < 4.78 is 0. The lowest BCUT2D eigenvalue weighted by molar-refractivity contribution is -0.138. The van der Waals surface area contributed by atoms with Gasteiger partial charge in [-0.05, 0) is 38.6 Å². The molecule has 7 N–H and O–H groups in total. The van der Waals surface area contributed by atoms with Gasteiger partial charge in [0.15, 0.2) is 0 Å². The van der Waals surface area contributed by atoms with Crippen LogP contribution in [-0.4, -0.2) is 60.1 Å². The fraction of sp³-hybridized carbons (Fsp3) is 0.800. The molecule has 2 atom stereocenters. The lowest BCUT2D eigenvalue weighted by atomic mass is 10.1. The van der Waals surface area contributed by atoms with E-state index in [1.54, 1.807) is 0 Å². The van der Waals surface area contributed by atoms with Gasteiger partial charge in [-0.15, -0.1) is 0 Å². The van der Waals surface area contributed by atoms with E-state index < -0.39 is 18.1 Å². The molecule has 24 heavy (non-hydrogen) atoms. The van der Waals surface area contributed by atoms with Gasteiger partial charge < -0.3 is 27.2 Å². The van der Waals surface area contributed by atoms with Gasteiger partial charge in [-0.1, -0.05) is 6.42 Å². The highest BCUT2D eigenvalue weighted by atomic mass is 32.2. The number of rotatable bonds is 14. The van der Waals surface area contributed by atoms with Gasteiger partial charge in [0.05, 0.1) is 6.42 Å². The topological polar surface area (TPSA) is 148 Å². The summed E-state index contributed by atoms with van der Waals surface area (Å²) in [6.07, 6.45) is 4.57. The Morgan fingerprint density at radius 1 is 1.08 bits per heavy atom. The number of aliphatic carboxylic acids is 1. The first-order chi connectivity index (χ1) is 11.4. The summed E-state index contributed by atoms with van der Waals surface area (Å²) in [4.78, 5) is 35.1. The number of hydrogen-bond acceptors (Lipinski definition) is 6. The van der Waals surface area contributed by atoms with Crippen LogP contribution in [0.2, 0.25) is 0 Å². The number of amides is 2. The molecule has 0 fully saturated rings. The molecule has 0 aromatic heterocycles. The Balaban J connectivity index is 4.65. The van der Waals surface area contributed by atoms with Crippen LogP contribution < -0.4 is 22.1 Å². The molecule has 0 heterocycles. The Morgan fingerprint density at radius 3 is 2.29 bits per heavy atom. The van der Waals surface area contributed by atoms with Crippen LogP contribution >= 0.6 is 11.8 Å². The summed E-state index contributed by atoms with van der Waals surface area (Å²) in [5.74, 6) is -1.14. The van der Waals surface area contributed by atoms with Crippen LogP contribution in [-0.2, 0) is 14.4 Å². The highest BCUT2D eigenvalue weighted by Gasteiger charge is 2.23. The van der Waals surface area contributed by atoms with Gasteiger partial charge in [-0.25, -0.2) is 0 Å². The lowest BCUT2D eigenvalue weighted by Gasteiger charge is -2.22. The molecular weight excluding hydrogens is 332 g/mol. The van der Waals surface area contributed by atoms with Gasteiger partial charge in [0, 0.05) is 18.2 Å². The quantitative estimate of drug-likeness (QED) is 0.266. The molecule has 0 rings (SSSR count). The zero-order valence-corrected chi connectivity index (χ0v) is 15.1. The monoisotopic (exact) mass is 362 g/mol. The lowest BCUT2D eigenvalue weighted by Crippen LogP contribution is -2.51. The molecular formula is C15H30N4O4S. The minimum Gasteiger partial charge on any atom is -0.481 e. The fourth-order valence-electron chi connectivity index (χ4n) is 2.15. The summed E-state index contributed by atoms with van der Waals surface area (Å²) in [5.41, 5.74) is 10.8. The summed E-state index contributed by atoms with van der Waals surface area (Å²) in [7, 11) is 0. The number of carboxylic acid groups (broad SMARTS) is 1. The molecule has 0 spiro atoms. The van der Waals surface area contributed by atoms with Crippen molar-refractivity contribution in [1.29, 1.82) is 0 Å². The van der Waals surface area contributed by atoms with E-state index in [0.29, 0.717) is 31.7 Å². The average Bonchev–Trinajstić information content (AvgIpc) is 2.52. The Hall–Kier alpha value is -1.32. The van der Waals surface area contributed by atoms with Gasteiger partial charge in [-0.2, -0.15) is 11.8 Å². The first kappa shape index (κ1) is 22.7. The third kappa shape index (κ3) is 11.3. The van der Waals surface area contributed by atoms with E-state index in [-0.39, 0.29) is 24.7 Å². The number of hydrogen-bond donors (Lipinski definition) is 5. The van der Waals surface area contributed by atoms with E-state index in [4.69, 9.17) is 16.6 Å². The Labute approximate surface area is 147 Å². The van der Waals surface area contributed by atoms with Crippen LogP contribution in [0.3, 0.4) is 0 Å². The summed E-state index contributed by atoms with van der Waals surface area (Å²) in [6.45, 7) is 0.939. The second kappa shape index (κ2) is 14.1. The standard InChI is InChI=1S/C15H30N4O4S/c1-24-10-12(19-13(20)6-4-8-17)15(23)18-11(9-14(21)22)5-2-3-7-16/h11-12H,2-10,16-17H2,1H3,(H,18,23)(H,19,20)(H,21,22). The molecule has 8 nitrogen and oxygen atoms in total. The predicted molar refractivity (Wildman–Crippen MR) is 95.7 cm³/mol. The molecule has 0 aromatic rings. The van der Waals surface area contributed by atoms with E-state index in [1.165, 1.54) is 11.8 Å². The Kier molecular flexibility index (Phi) is 13.3. The maximum Gasteiger partial charge on any atom is 0.305 e. The number of unbranched alkanes of at least 4 members (excludes halogenated alkanes) is 1. The second-order valence-electron chi connectivity index (χ2n) is 5.56. The van der Waals surface area contributed by atoms with Gasteiger partial charge in [0.2, 0.25) is 11.8 Å². The zero-order chi connectivity index (χ0) is 18.4. The summed E-state index contributed by atoms with van der Waals surface area (Å²) in [5, 5.41) is 14.4. The number of carbonyl (C=O) groups excluding carboxylic acids is 2. The summed E-state index contributed by atoms with van der Waals surface area (Å²) in [6, 6.07) is -1.15. The van der Waals surface area contributed by atoms with Crippen molar-refractivity contribution in [2.24, 2.45) is 11.5 Å². The van der Waals surface area contributed by atoms with Crippen LogP contribution in [0.1, 0.15) is 38.5 Å². The van der Waals surface area contributed by atoms with Gasteiger partial charge >= 0.3 is 5.97 Å². The molecule has 0 aliphatic rings. The van der Waals surface area contributed by atoms with Crippen molar-refractivity contribution in [2.45, 2.75) is 50.6 Å². The molecule has 2 unspecified atom stereocenters. The SMILES string of the molecule is CSCC(NC(=O)CCCN)C(=O)NC(CCCCN)CC(=O)O. The van der Waals surface area contributed by atoms with Crippen LogP contribution in [0.5, 0.6) is 0 Å². The van der Waals surface area contributed by atoms with Gasteiger partial charge in [0.25, 0.3) is 0 Å². The molecule has 0 bridgehead atoms. The Morgan fingerprint density at radius 2 is 1.75 bits per heavy atom. The first-order valence-corrected chi connectivity index (χ1v) is 9.54. The highest BCUT2D eigenvalue weighted by Crippen LogP contribution is 2.07. The van der Waals surface area contributed by atoms with E-state index in [2.05, 4.69) is 10.6 Å². The maximum atomic E-state index is 12.4. The Bertz CT molecular complexity index is 396. The van der Waals surface area contributed by atoms with Crippen molar-refractivity contribution < 1.29 is 19.5 Å². The first-order valence-electron chi connectivity index (χ1n) is 8.15. The molecule has 0 saturated carbocycles. The number of thioether (sulfide) groups is 1. The molecule has 0 saturated heterocycles. The van der Waals surface area contributed by atoms with Gasteiger partial charge in [-0.3, -0.25) is 14.4 Å². The molecule has 0 aliphatic heterocycles. The van der Waals surface area contributed by atoms with Crippen LogP contribution in [0.15, 0.2) is 0 Å². The molecule has 0 radical (unpaired) electrons. The zero-order valence-electron chi connectivity index (χ0n) is 14.3. The molecule has 0 aromatic carbocycles. The van der Waals surface area contributed by atoms with Crippen molar-refractivity contribution in [2.75, 3.05) is 25.1 Å². The number of carbonyl (C=O) groups is 3. The normalized spacial score (nSPS) is 13.1. The highest BCUT2D eigenvalue weighted by molar-refractivity contribution is 7.98. The molecule has 140 valence electrons. The predicted octanol–water partition coefficient (Wildman–Crippen LogP) is -0.338. The van der Waals surface area contributed by atoms with Crippen molar-refractivity contribution in [1.82, 2.24) is 10.6 Å². The van der Waals surface area contributed by atoms with E-state index in [9.17, 15) is 14.4 Å². The number of nitrogens with two attached hydrogens (primary N) is 2. The van der Waals surface area contributed by atoms with Gasteiger partial charge in [0.1, 0.15) is 6.04 Å². The van der Waals surface area contributed by atoms with Crippen molar-refractivity contribution in [3.8, 4) is 0 Å². The van der Waals surface area contributed by atoms with E-state index in [0.717, 1.165) is 12.8 Å². The minimum atomic E-state index is -0.971. The largest absolute Gasteiger partial charge is 0.481 e.